The SMILES string of the molecule is O=C(Nc1cc(O)cc(Oc2ccc(F)cc2)c1)N1CCC(O)(c2ccc(Cl)cc2)CC1. The number of likely N-dealkylation sites (tertiary alicyclic amines) is 1. The van der Waals surface area contributed by atoms with Gasteiger partial charge in [-0.3, -0.25) is 0 Å². The van der Waals surface area contributed by atoms with Gasteiger partial charge in [-0.25, -0.2) is 9.18 Å². The Morgan fingerprint density at radius 2 is 1.66 bits per heavy atom. The van der Waals surface area contributed by atoms with Crippen LogP contribution in [0.15, 0.2) is 66.7 Å². The monoisotopic (exact) mass is 456 g/mol. The van der Waals surface area contributed by atoms with E-state index in [1.165, 1.54) is 36.4 Å². The smallest absolute Gasteiger partial charge is 0.321 e. The second-order valence-electron chi connectivity index (χ2n) is 7.73. The number of hydrogen-bond donors (Lipinski definition) is 3. The molecule has 1 aliphatic heterocycles. The number of rotatable bonds is 4. The number of phenols is 1. The number of piperidine rings is 1. The van der Waals surface area contributed by atoms with Crippen molar-refractivity contribution in [3.05, 3.63) is 83.1 Å². The van der Waals surface area contributed by atoms with Gasteiger partial charge in [-0.1, -0.05) is 23.7 Å². The van der Waals surface area contributed by atoms with Gasteiger partial charge in [0.05, 0.1) is 5.60 Å². The molecule has 1 saturated heterocycles. The Labute approximate surface area is 189 Å². The predicted molar refractivity (Wildman–Crippen MR) is 120 cm³/mol. The summed E-state index contributed by atoms with van der Waals surface area (Å²) in [6.45, 7) is 0.728. The molecule has 2 amide bonds. The van der Waals surface area contributed by atoms with Gasteiger partial charge in [0, 0.05) is 42.0 Å². The molecule has 0 spiro atoms. The van der Waals surface area contributed by atoms with E-state index in [4.69, 9.17) is 16.3 Å². The molecule has 166 valence electrons. The van der Waals surface area contributed by atoms with E-state index >= 15 is 0 Å². The van der Waals surface area contributed by atoms with Crippen molar-refractivity contribution in [3.63, 3.8) is 0 Å². The molecule has 3 aromatic rings. The average Bonchev–Trinajstić information content (AvgIpc) is 2.76. The van der Waals surface area contributed by atoms with Gasteiger partial charge in [-0.2, -0.15) is 0 Å². The number of halogens is 2. The largest absolute Gasteiger partial charge is 0.508 e. The zero-order valence-corrected chi connectivity index (χ0v) is 17.8. The second-order valence-corrected chi connectivity index (χ2v) is 8.16. The van der Waals surface area contributed by atoms with Crippen LogP contribution in [0.2, 0.25) is 5.02 Å². The van der Waals surface area contributed by atoms with E-state index in [0.29, 0.717) is 48.1 Å². The minimum Gasteiger partial charge on any atom is -0.508 e. The Morgan fingerprint density at radius 3 is 2.31 bits per heavy atom. The van der Waals surface area contributed by atoms with Crippen LogP contribution >= 0.6 is 11.6 Å². The molecule has 0 atom stereocenters. The maximum Gasteiger partial charge on any atom is 0.321 e. The summed E-state index contributed by atoms with van der Waals surface area (Å²) >= 11 is 5.93. The molecule has 1 heterocycles. The van der Waals surface area contributed by atoms with E-state index in [2.05, 4.69) is 5.32 Å². The minimum atomic E-state index is -1.01. The van der Waals surface area contributed by atoms with Crippen molar-refractivity contribution in [1.82, 2.24) is 4.90 Å². The number of anilines is 1. The molecule has 1 fully saturated rings. The highest BCUT2D eigenvalue weighted by Gasteiger charge is 2.35. The number of aromatic hydroxyl groups is 1. The van der Waals surface area contributed by atoms with E-state index in [-0.39, 0.29) is 17.6 Å². The van der Waals surface area contributed by atoms with Gasteiger partial charge >= 0.3 is 6.03 Å². The maximum absolute atomic E-state index is 13.1. The number of carbonyl (C=O) groups excluding carboxylic acids is 1. The highest BCUT2D eigenvalue weighted by molar-refractivity contribution is 6.30. The molecule has 1 aliphatic rings. The van der Waals surface area contributed by atoms with Crippen LogP contribution in [0.4, 0.5) is 14.9 Å². The molecular formula is C24H22ClFN2O4. The molecule has 0 radical (unpaired) electrons. The summed E-state index contributed by atoms with van der Waals surface area (Å²) in [5.74, 6) is 0.218. The molecule has 3 aromatic carbocycles. The van der Waals surface area contributed by atoms with E-state index in [1.807, 2.05) is 0 Å². The van der Waals surface area contributed by atoms with E-state index < -0.39 is 5.60 Å². The minimum absolute atomic E-state index is 0.0873. The zero-order valence-electron chi connectivity index (χ0n) is 17.1. The Kier molecular flexibility index (Phi) is 6.21. The van der Waals surface area contributed by atoms with E-state index in [1.54, 1.807) is 35.2 Å². The third-order valence-corrected chi connectivity index (χ3v) is 5.70. The Balaban J connectivity index is 1.39. The number of urea groups is 1. The zero-order chi connectivity index (χ0) is 22.7. The Hall–Kier alpha value is -3.29. The molecule has 0 unspecified atom stereocenters. The number of carbonyl (C=O) groups is 1. The number of nitrogens with one attached hydrogen (secondary N) is 1. The van der Waals surface area contributed by atoms with Gasteiger partial charge in [-0.15, -0.1) is 0 Å². The number of ether oxygens (including phenoxy) is 1. The first-order valence-corrected chi connectivity index (χ1v) is 10.5. The number of aliphatic hydroxyl groups is 1. The first-order chi connectivity index (χ1) is 15.3. The van der Waals surface area contributed by atoms with Crippen LogP contribution < -0.4 is 10.1 Å². The molecule has 0 bridgehead atoms. The average molecular weight is 457 g/mol. The first kappa shape index (κ1) is 21.9. The molecule has 32 heavy (non-hydrogen) atoms. The first-order valence-electron chi connectivity index (χ1n) is 10.1. The van der Waals surface area contributed by atoms with E-state index in [0.717, 1.165) is 5.56 Å². The normalized spacial score (nSPS) is 15.3. The van der Waals surface area contributed by atoms with Crippen molar-refractivity contribution in [3.8, 4) is 17.2 Å². The van der Waals surface area contributed by atoms with Crippen LogP contribution in [0.25, 0.3) is 0 Å². The number of benzene rings is 3. The fourth-order valence-electron chi connectivity index (χ4n) is 3.68. The fourth-order valence-corrected chi connectivity index (χ4v) is 3.81. The fraction of sp³-hybridized carbons (Fsp3) is 0.208. The van der Waals surface area contributed by atoms with Crippen molar-refractivity contribution >= 4 is 23.3 Å². The van der Waals surface area contributed by atoms with Gasteiger partial charge in [0.1, 0.15) is 23.1 Å². The van der Waals surface area contributed by atoms with Crippen molar-refractivity contribution in [2.24, 2.45) is 0 Å². The lowest BCUT2D eigenvalue weighted by molar-refractivity contribution is -0.0156. The molecule has 0 aliphatic carbocycles. The lowest BCUT2D eigenvalue weighted by Gasteiger charge is -2.38. The van der Waals surface area contributed by atoms with Crippen LogP contribution in [0.1, 0.15) is 18.4 Å². The topological polar surface area (TPSA) is 82.0 Å². The summed E-state index contributed by atoms with van der Waals surface area (Å²) in [6, 6.07) is 16.6. The van der Waals surface area contributed by atoms with Crippen LogP contribution in [0.3, 0.4) is 0 Å². The lowest BCUT2D eigenvalue weighted by Crippen LogP contribution is -2.46. The van der Waals surface area contributed by atoms with Gasteiger partial charge in [-0.05, 0) is 54.8 Å². The summed E-state index contributed by atoms with van der Waals surface area (Å²) in [6.07, 6.45) is 0.780. The van der Waals surface area contributed by atoms with E-state index in [9.17, 15) is 19.4 Å². The standard InChI is InChI=1S/C24H22ClFN2O4/c25-17-3-1-16(2-4-17)24(31)9-11-28(12-10-24)23(30)27-19-13-20(29)15-22(14-19)32-21-7-5-18(26)6-8-21/h1-8,13-15,29,31H,9-12H2,(H,27,30). The van der Waals surface area contributed by atoms with Crippen molar-refractivity contribution in [2.45, 2.75) is 18.4 Å². The molecule has 8 heteroatoms. The van der Waals surface area contributed by atoms with Crippen LogP contribution in [-0.4, -0.2) is 34.2 Å². The van der Waals surface area contributed by atoms with Gasteiger partial charge in [0.2, 0.25) is 0 Å². The summed E-state index contributed by atoms with van der Waals surface area (Å²) in [5.41, 5.74) is 0.117. The summed E-state index contributed by atoms with van der Waals surface area (Å²) in [7, 11) is 0. The molecule has 0 saturated carbocycles. The summed E-state index contributed by atoms with van der Waals surface area (Å²) < 4.78 is 18.7. The predicted octanol–water partition coefficient (Wildman–Crippen LogP) is 5.49. The highest BCUT2D eigenvalue weighted by atomic mass is 35.5. The van der Waals surface area contributed by atoms with Gasteiger partial charge < -0.3 is 25.2 Å². The van der Waals surface area contributed by atoms with Gasteiger partial charge in [0.15, 0.2) is 0 Å². The van der Waals surface area contributed by atoms with Gasteiger partial charge in [0.25, 0.3) is 0 Å². The van der Waals surface area contributed by atoms with Crippen molar-refractivity contribution < 1.29 is 24.1 Å². The van der Waals surface area contributed by atoms with Crippen molar-refractivity contribution in [2.75, 3.05) is 18.4 Å². The van der Waals surface area contributed by atoms with Crippen molar-refractivity contribution in [1.29, 1.82) is 0 Å². The second kappa shape index (κ2) is 9.06. The lowest BCUT2D eigenvalue weighted by atomic mass is 9.84. The third kappa shape index (κ3) is 5.12. The summed E-state index contributed by atoms with van der Waals surface area (Å²) in [4.78, 5) is 14.3. The molecule has 4 rings (SSSR count). The highest BCUT2D eigenvalue weighted by Crippen LogP contribution is 2.34. The molecule has 0 aromatic heterocycles. The number of phenolic OH excluding ortho intramolecular Hbond substituents is 1. The molecular weight excluding hydrogens is 435 g/mol. The quantitative estimate of drug-likeness (QED) is 0.484. The Morgan fingerprint density at radius 1 is 1.00 bits per heavy atom. The summed E-state index contributed by atoms with van der Waals surface area (Å²) in [5, 5.41) is 24.3. The number of amides is 2. The Bertz CT molecular complexity index is 1100. The van der Waals surface area contributed by atoms with Crippen LogP contribution in [0.5, 0.6) is 17.2 Å². The van der Waals surface area contributed by atoms with Crippen LogP contribution in [-0.2, 0) is 5.60 Å². The maximum atomic E-state index is 13.1. The van der Waals surface area contributed by atoms with Crippen LogP contribution in [0, 0.1) is 5.82 Å². The molecule has 6 nitrogen and oxygen atoms in total. The number of nitrogens with zero attached hydrogens (tertiary/aromatic N) is 1. The number of hydrogen-bond acceptors (Lipinski definition) is 4. The molecule has 3 N–H and O–H groups in total. The third-order valence-electron chi connectivity index (χ3n) is 5.45.